The van der Waals surface area contributed by atoms with Crippen LogP contribution in [0.3, 0.4) is 0 Å². The van der Waals surface area contributed by atoms with Crippen LogP contribution in [0.1, 0.15) is 37.2 Å². The lowest BCUT2D eigenvalue weighted by molar-refractivity contribution is -0.122. The third-order valence-electron chi connectivity index (χ3n) is 3.82. The molecule has 3 amide bonds. The molecular formula is C18H19N5O4S. The molecule has 0 saturated carbocycles. The number of hydrogen-bond acceptors (Lipinski definition) is 6. The van der Waals surface area contributed by atoms with Crippen LogP contribution in [0.25, 0.3) is 0 Å². The summed E-state index contributed by atoms with van der Waals surface area (Å²) < 4.78 is 6.59. The second-order valence-electron chi connectivity index (χ2n) is 6.14. The molecule has 3 rings (SSSR count). The first-order chi connectivity index (χ1) is 13.3. The van der Waals surface area contributed by atoms with E-state index in [9.17, 15) is 14.4 Å². The van der Waals surface area contributed by atoms with Crippen LogP contribution < -0.4 is 16.2 Å². The third kappa shape index (κ3) is 4.46. The highest BCUT2D eigenvalue weighted by atomic mass is 32.1. The Balaban J connectivity index is 1.57. The van der Waals surface area contributed by atoms with Crippen molar-refractivity contribution >= 4 is 34.1 Å². The van der Waals surface area contributed by atoms with Gasteiger partial charge in [0.15, 0.2) is 5.76 Å². The molecule has 0 aliphatic carbocycles. The van der Waals surface area contributed by atoms with Crippen LogP contribution >= 0.6 is 11.3 Å². The Bertz CT molecular complexity index is 1020. The quantitative estimate of drug-likeness (QED) is 0.566. The van der Waals surface area contributed by atoms with Crippen LogP contribution in [0.15, 0.2) is 34.9 Å². The van der Waals surface area contributed by atoms with Gasteiger partial charge in [0.1, 0.15) is 6.54 Å². The lowest BCUT2D eigenvalue weighted by Crippen LogP contribution is -2.43. The minimum Gasteiger partial charge on any atom is -0.459 e. The molecule has 0 bridgehead atoms. The minimum absolute atomic E-state index is 0.00612. The molecule has 3 aromatic rings. The summed E-state index contributed by atoms with van der Waals surface area (Å²) >= 11 is 1.10. The van der Waals surface area contributed by atoms with Gasteiger partial charge in [0.2, 0.25) is 0 Å². The largest absolute Gasteiger partial charge is 0.459 e. The van der Waals surface area contributed by atoms with Crippen LogP contribution in [0.4, 0.5) is 5.00 Å². The molecule has 3 heterocycles. The summed E-state index contributed by atoms with van der Waals surface area (Å²) in [4.78, 5) is 36.8. The molecule has 0 fully saturated rings. The molecule has 3 N–H and O–H groups in total. The molecule has 28 heavy (non-hydrogen) atoms. The van der Waals surface area contributed by atoms with E-state index in [4.69, 9.17) is 4.42 Å². The van der Waals surface area contributed by atoms with E-state index in [-0.39, 0.29) is 12.3 Å². The number of carbonyl (C=O) groups excluding carboxylic acids is 3. The van der Waals surface area contributed by atoms with Crippen molar-refractivity contribution in [3.05, 3.63) is 58.1 Å². The van der Waals surface area contributed by atoms with Crippen LogP contribution in [-0.2, 0) is 11.3 Å². The molecule has 10 heteroatoms. The third-order valence-corrected chi connectivity index (χ3v) is 4.97. The summed E-state index contributed by atoms with van der Waals surface area (Å²) in [5, 5.41) is 7.37. The maximum atomic E-state index is 12.4. The smallest absolute Gasteiger partial charge is 0.291 e. The van der Waals surface area contributed by atoms with Gasteiger partial charge in [-0.05, 0) is 50.6 Å². The number of thiophene rings is 1. The average Bonchev–Trinajstić information content (AvgIpc) is 3.34. The predicted octanol–water partition coefficient (Wildman–Crippen LogP) is 2.18. The molecule has 0 aromatic carbocycles. The number of anilines is 1. The van der Waals surface area contributed by atoms with E-state index in [0.717, 1.165) is 22.7 Å². The van der Waals surface area contributed by atoms with Crippen LogP contribution in [0.5, 0.6) is 0 Å². The predicted molar refractivity (Wildman–Crippen MR) is 103 cm³/mol. The Morgan fingerprint density at radius 1 is 1.14 bits per heavy atom. The highest BCUT2D eigenvalue weighted by Crippen LogP contribution is 2.27. The van der Waals surface area contributed by atoms with Crippen LogP contribution in [0.2, 0.25) is 0 Å². The van der Waals surface area contributed by atoms with E-state index in [2.05, 4.69) is 21.3 Å². The van der Waals surface area contributed by atoms with Crippen molar-refractivity contribution in [2.75, 3.05) is 5.32 Å². The number of nitrogens with zero attached hydrogens (tertiary/aromatic N) is 2. The fourth-order valence-electron chi connectivity index (χ4n) is 2.54. The number of nitrogens with one attached hydrogen (secondary N) is 3. The molecular weight excluding hydrogens is 382 g/mol. The first-order valence-corrected chi connectivity index (χ1v) is 9.20. The number of aryl methyl sites for hydroxylation is 3. The molecule has 0 radical (unpaired) electrons. The molecule has 3 aromatic heterocycles. The maximum Gasteiger partial charge on any atom is 0.291 e. The number of rotatable bonds is 5. The summed E-state index contributed by atoms with van der Waals surface area (Å²) in [6.07, 6.45) is 1.40. The van der Waals surface area contributed by atoms with Crippen LogP contribution in [-0.4, -0.2) is 27.5 Å². The SMILES string of the molecule is Cc1cc(C)n(CC(=O)NNC(=O)c2sc(NC(=O)c3ccco3)cc2C)n1. The van der Waals surface area contributed by atoms with Gasteiger partial charge in [-0.1, -0.05) is 0 Å². The first kappa shape index (κ1) is 19.4. The first-order valence-electron chi connectivity index (χ1n) is 8.39. The summed E-state index contributed by atoms with van der Waals surface area (Å²) in [7, 11) is 0. The maximum absolute atomic E-state index is 12.4. The Hall–Kier alpha value is -3.40. The van der Waals surface area contributed by atoms with E-state index < -0.39 is 17.7 Å². The fourth-order valence-corrected chi connectivity index (χ4v) is 3.51. The van der Waals surface area contributed by atoms with Gasteiger partial charge in [0.25, 0.3) is 17.7 Å². The lowest BCUT2D eigenvalue weighted by atomic mass is 10.3. The summed E-state index contributed by atoms with van der Waals surface area (Å²) in [5.74, 6) is -1.10. The Morgan fingerprint density at radius 3 is 2.57 bits per heavy atom. The highest BCUT2D eigenvalue weighted by molar-refractivity contribution is 7.18. The van der Waals surface area contributed by atoms with Crippen molar-refractivity contribution in [3.8, 4) is 0 Å². The minimum atomic E-state index is -0.470. The number of furan rings is 1. The van der Waals surface area contributed by atoms with E-state index in [1.54, 1.807) is 29.8 Å². The van der Waals surface area contributed by atoms with Crippen LogP contribution in [0, 0.1) is 20.8 Å². The average molecular weight is 401 g/mol. The molecule has 0 spiro atoms. The van der Waals surface area contributed by atoms with Gasteiger partial charge in [-0.25, -0.2) is 0 Å². The number of aromatic nitrogens is 2. The van der Waals surface area contributed by atoms with E-state index in [1.807, 2.05) is 19.9 Å². The number of amides is 3. The van der Waals surface area contributed by atoms with Gasteiger partial charge in [0, 0.05) is 5.69 Å². The molecule has 0 aliphatic heterocycles. The van der Waals surface area contributed by atoms with Gasteiger partial charge in [0.05, 0.1) is 21.8 Å². The number of hydrogen-bond donors (Lipinski definition) is 3. The Kier molecular flexibility index (Phi) is 5.59. The molecule has 0 atom stereocenters. The van der Waals surface area contributed by atoms with Crippen molar-refractivity contribution in [3.63, 3.8) is 0 Å². The normalized spacial score (nSPS) is 10.5. The van der Waals surface area contributed by atoms with Gasteiger partial charge >= 0.3 is 0 Å². The van der Waals surface area contributed by atoms with Crippen molar-refractivity contribution < 1.29 is 18.8 Å². The van der Waals surface area contributed by atoms with E-state index >= 15 is 0 Å². The molecule has 0 aliphatic rings. The standard InChI is InChI=1S/C18H19N5O4S/c1-10-7-15(19-17(25)13-5-4-6-27-13)28-16(10)18(26)21-20-14(24)9-23-12(3)8-11(2)22-23/h4-8H,9H2,1-3H3,(H,19,25)(H,20,24)(H,21,26). The van der Waals surface area contributed by atoms with Gasteiger partial charge < -0.3 is 9.73 Å². The highest BCUT2D eigenvalue weighted by Gasteiger charge is 2.17. The molecule has 0 saturated heterocycles. The summed E-state index contributed by atoms with van der Waals surface area (Å²) in [5.41, 5.74) is 7.09. The van der Waals surface area contributed by atoms with E-state index in [0.29, 0.717) is 15.4 Å². The van der Waals surface area contributed by atoms with Gasteiger partial charge in [-0.15, -0.1) is 11.3 Å². The van der Waals surface area contributed by atoms with Crippen molar-refractivity contribution in [2.45, 2.75) is 27.3 Å². The second kappa shape index (κ2) is 8.09. The second-order valence-corrected chi connectivity index (χ2v) is 7.19. The van der Waals surface area contributed by atoms with Gasteiger partial charge in [-0.3, -0.25) is 29.9 Å². The summed E-state index contributed by atoms with van der Waals surface area (Å²) in [6, 6.07) is 6.70. The Labute approximate surface area is 164 Å². The van der Waals surface area contributed by atoms with Gasteiger partial charge in [-0.2, -0.15) is 5.10 Å². The van der Waals surface area contributed by atoms with Crippen molar-refractivity contribution in [2.24, 2.45) is 0 Å². The Morgan fingerprint density at radius 2 is 1.93 bits per heavy atom. The lowest BCUT2D eigenvalue weighted by Gasteiger charge is -2.08. The fraction of sp³-hybridized carbons (Fsp3) is 0.222. The zero-order valence-electron chi connectivity index (χ0n) is 15.5. The molecule has 146 valence electrons. The number of hydrazine groups is 1. The monoisotopic (exact) mass is 401 g/mol. The topological polar surface area (TPSA) is 118 Å². The number of carbonyl (C=O) groups is 3. The summed E-state index contributed by atoms with van der Waals surface area (Å²) in [6.45, 7) is 5.42. The zero-order valence-corrected chi connectivity index (χ0v) is 16.3. The zero-order chi connectivity index (χ0) is 20.3. The van der Waals surface area contributed by atoms with E-state index in [1.165, 1.54) is 6.26 Å². The van der Waals surface area contributed by atoms with Crippen molar-refractivity contribution in [1.29, 1.82) is 0 Å². The molecule has 0 unspecified atom stereocenters. The van der Waals surface area contributed by atoms with Crippen molar-refractivity contribution in [1.82, 2.24) is 20.6 Å². The molecule has 9 nitrogen and oxygen atoms in total.